The lowest BCUT2D eigenvalue weighted by Crippen LogP contribution is -2.49. The van der Waals surface area contributed by atoms with Gasteiger partial charge in [-0.3, -0.25) is 0 Å². The van der Waals surface area contributed by atoms with Crippen LogP contribution < -0.4 is 9.64 Å². The van der Waals surface area contributed by atoms with E-state index in [1.54, 1.807) is 4.90 Å². The zero-order valence-corrected chi connectivity index (χ0v) is 24.1. The lowest BCUT2D eigenvalue weighted by Gasteiger charge is -2.40. The number of hydrogen-bond acceptors (Lipinski definition) is 6. The van der Waals surface area contributed by atoms with Crippen molar-refractivity contribution in [1.29, 1.82) is 0 Å². The molecule has 1 saturated heterocycles. The molecule has 2 aliphatic rings. The minimum absolute atomic E-state index is 0.0195. The first kappa shape index (κ1) is 31.0. The number of amides is 1. The Kier molecular flexibility index (Phi) is 10.4. The minimum atomic E-state index is -4.32. The Morgan fingerprint density at radius 1 is 1.00 bits per heavy atom. The van der Waals surface area contributed by atoms with Crippen molar-refractivity contribution in [3.63, 3.8) is 0 Å². The van der Waals surface area contributed by atoms with E-state index >= 15 is 0 Å². The number of carbonyl (C=O) groups excluding carboxylic acids is 1. The lowest BCUT2D eigenvalue weighted by molar-refractivity contribution is -0.174. The van der Waals surface area contributed by atoms with Crippen molar-refractivity contribution < 1.29 is 36.9 Å². The van der Waals surface area contributed by atoms with Crippen LogP contribution >= 0.6 is 0 Å². The number of likely N-dealkylation sites (tertiary alicyclic amines) is 1. The fourth-order valence-corrected chi connectivity index (χ4v) is 5.24. The van der Waals surface area contributed by atoms with E-state index in [1.165, 1.54) is 11.3 Å². The number of piperidine rings is 1. The van der Waals surface area contributed by atoms with Gasteiger partial charge in [0.15, 0.2) is 0 Å². The quantitative estimate of drug-likeness (QED) is 0.298. The van der Waals surface area contributed by atoms with E-state index in [0.29, 0.717) is 32.0 Å². The van der Waals surface area contributed by atoms with Gasteiger partial charge in [0.05, 0.1) is 25.9 Å². The van der Waals surface area contributed by atoms with Gasteiger partial charge in [-0.25, -0.2) is 4.79 Å². The van der Waals surface area contributed by atoms with Gasteiger partial charge in [-0.1, -0.05) is 30.3 Å². The van der Waals surface area contributed by atoms with E-state index in [9.17, 15) is 18.0 Å². The normalized spacial score (nSPS) is 19.6. The van der Waals surface area contributed by atoms with Crippen LogP contribution in [-0.2, 0) is 20.6 Å². The summed E-state index contributed by atoms with van der Waals surface area (Å²) in [6, 6.07) is 16.1. The second-order valence-electron chi connectivity index (χ2n) is 11.6. The van der Waals surface area contributed by atoms with Crippen molar-refractivity contribution in [1.82, 2.24) is 4.90 Å². The van der Waals surface area contributed by atoms with E-state index in [-0.39, 0.29) is 31.3 Å². The van der Waals surface area contributed by atoms with Crippen LogP contribution in [0.2, 0.25) is 0 Å². The molecule has 2 aromatic carbocycles. The predicted octanol–water partition coefficient (Wildman–Crippen LogP) is 6.55. The molecule has 41 heavy (non-hydrogen) atoms. The Balaban J connectivity index is 1.38. The first-order chi connectivity index (χ1) is 19.5. The van der Waals surface area contributed by atoms with Gasteiger partial charge in [0, 0.05) is 31.1 Å². The summed E-state index contributed by atoms with van der Waals surface area (Å²) in [4.78, 5) is 16.9. The Labute approximate surface area is 240 Å². The van der Waals surface area contributed by atoms with E-state index in [4.69, 9.17) is 14.2 Å². The molecule has 10 heteroatoms. The molecule has 0 saturated carbocycles. The molecule has 0 radical (unpaired) electrons. The molecule has 2 atom stereocenters. The minimum Gasteiger partial charge on any atom is -0.494 e. The number of carbonyl (C=O) groups is 1. The van der Waals surface area contributed by atoms with Crippen LogP contribution in [-0.4, -0.2) is 75.1 Å². The number of aryl methyl sites for hydroxylation is 1. The van der Waals surface area contributed by atoms with Crippen LogP contribution in [0.4, 0.5) is 23.7 Å². The van der Waals surface area contributed by atoms with Crippen LogP contribution in [0, 0.1) is 0 Å². The number of halogens is 3. The lowest BCUT2D eigenvalue weighted by atomic mass is 9.87. The number of anilines is 1. The molecule has 2 aliphatic heterocycles. The summed E-state index contributed by atoms with van der Waals surface area (Å²) in [5, 5.41) is 0. The second kappa shape index (κ2) is 13.8. The molecule has 2 heterocycles. The van der Waals surface area contributed by atoms with Crippen LogP contribution in [0.25, 0.3) is 0 Å². The molecule has 4 rings (SSSR count). The summed E-state index contributed by atoms with van der Waals surface area (Å²) in [6.07, 6.45) is -1.69. The van der Waals surface area contributed by atoms with Crippen LogP contribution in [0.3, 0.4) is 0 Å². The summed E-state index contributed by atoms with van der Waals surface area (Å²) < 4.78 is 59.1. The Bertz CT molecular complexity index is 1120. The largest absolute Gasteiger partial charge is 0.494 e. The maximum absolute atomic E-state index is 12.9. The number of benzene rings is 2. The van der Waals surface area contributed by atoms with Gasteiger partial charge in [-0.05, 0) is 69.4 Å². The first-order valence-corrected chi connectivity index (χ1v) is 14.3. The molecular weight excluding hydrogens is 537 g/mol. The van der Waals surface area contributed by atoms with Gasteiger partial charge < -0.3 is 28.7 Å². The Hall–Kier alpha value is -2.98. The molecule has 7 nitrogen and oxygen atoms in total. The molecule has 0 aromatic heterocycles. The van der Waals surface area contributed by atoms with Crippen LogP contribution in [0.15, 0.2) is 48.5 Å². The van der Waals surface area contributed by atoms with Gasteiger partial charge in [0.1, 0.15) is 24.7 Å². The summed E-state index contributed by atoms with van der Waals surface area (Å²) in [7, 11) is 0. The van der Waals surface area contributed by atoms with Crippen molar-refractivity contribution in [2.45, 2.75) is 70.3 Å². The maximum atomic E-state index is 12.9. The van der Waals surface area contributed by atoms with Gasteiger partial charge in [-0.15, -0.1) is 0 Å². The predicted molar refractivity (Wildman–Crippen MR) is 150 cm³/mol. The number of para-hydroxylation sites is 1. The SMILES string of the molecule is CC(C)(C)OC(=O)N1CC[C@H](c2ccc(OCCCOCC(F)(F)F)cc2)[C@@H](OCN2CCCc3ccccc32)C1. The molecule has 0 unspecified atom stereocenters. The third-order valence-corrected chi connectivity index (χ3v) is 7.14. The van der Waals surface area contributed by atoms with Gasteiger partial charge >= 0.3 is 12.3 Å². The summed E-state index contributed by atoms with van der Waals surface area (Å²) in [6.45, 7) is 6.89. The van der Waals surface area contributed by atoms with Crippen LogP contribution in [0.1, 0.15) is 57.1 Å². The highest BCUT2D eigenvalue weighted by Gasteiger charge is 2.35. The van der Waals surface area contributed by atoms with Gasteiger partial charge in [0.25, 0.3) is 0 Å². The number of fused-ring (bicyclic) bond motifs is 1. The average Bonchev–Trinajstić information content (AvgIpc) is 2.92. The monoisotopic (exact) mass is 578 g/mol. The summed E-state index contributed by atoms with van der Waals surface area (Å²) in [5.41, 5.74) is 3.02. The second-order valence-corrected chi connectivity index (χ2v) is 11.6. The van der Waals surface area contributed by atoms with Crippen molar-refractivity contribution in [2.75, 3.05) is 51.1 Å². The third kappa shape index (κ3) is 9.53. The van der Waals surface area contributed by atoms with E-state index < -0.39 is 18.4 Å². The number of alkyl halides is 3. The van der Waals surface area contributed by atoms with Crippen molar-refractivity contribution >= 4 is 11.8 Å². The molecule has 2 aromatic rings. The van der Waals surface area contributed by atoms with E-state index in [2.05, 4.69) is 27.8 Å². The first-order valence-electron chi connectivity index (χ1n) is 14.3. The summed E-state index contributed by atoms with van der Waals surface area (Å²) in [5.74, 6) is 0.705. The summed E-state index contributed by atoms with van der Waals surface area (Å²) >= 11 is 0. The third-order valence-electron chi connectivity index (χ3n) is 7.14. The molecule has 0 spiro atoms. The number of nitrogens with zero attached hydrogens (tertiary/aromatic N) is 2. The van der Waals surface area contributed by atoms with Crippen molar-refractivity contribution in [3.8, 4) is 5.75 Å². The molecule has 0 aliphatic carbocycles. The molecule has 226 valence electrons. The Morgan fingerprint density at radius 2 is 1.76 bits per heavy atom. The fourth-order valence-electron chi connectivity index (χ4n) is 5.24. The van der Waals surface area contributed by atoms with E-state index in [0.717, 1.165) is 31.4 Å². The van der Waals surface area contributed by atoms with E-state index in [1.807, 2.05) is 51.1 Å². The van der Waals surface area contributed by atoms with Gasteiger partial charge in [-0.2, -0.15) is 13.2 Å². The smallest absolute Gasteiger partial charge is 0.411 e. The molecule has 0 N–H and O–H groups in total. The van der Waals surface area contributed by atoms with Crippen molar-refractivity contribution in [3.05, 3.63) is 59.7 Å². The highest BCUT2D eigenvalue weighted by atomic mass is 19.4. The highest BCUT2D eigenvalue weighted by Crippen LogP contribution is 2.33. The highest BCUT2D eigenvalue weighted by molar-refractivity contribution is 5.68. The molecule has 1 fully saturated rings. The van der Waals surface area contributed by atoms with Crippen molar-refractivity contribution in [2.24, 2.45) is 0 Å². The number of ether oxygens (including phenoxy) is 4. The van der Waals surface area contributed by atoms with Crippen LogP contribution in [0.5, 0.6) is 5.75 Å². The van der Waals surface area contributed by atoms with Gasteiger partial charge in [0.2, 0.25) is 0 Å². The standard InChI is InChI=1S/C31H41F3N2O5/c1-30(2,3)41-29(37)35-17-15-26(23-11-13-25(14-12-23)39-19-7-18-38-21-31(32,33)34)28(20-35)40-22-36-16-6-9-24-8-4-5-10-27(24)36/h4-5,8,10-14,26,28H,6-7,9,15-22H2,1-3H3/t26-,28+/m1/s1. The Morgan fingerprint density at radius 3 is 2.49 bits per heavy atom. The molecule has 1 amide bonds. The number of rotatable bonds is 10. The number of hydrogen-bond donors (Lipinski definition) is 0. The maximum Gasteiger partial charge on any atom is 0.411 e. The topological polar surface area (TPSA) is 60.5 Å². The zero-order valence-electron chi connectivity index (χ0n) is 24.1. The zero-order chi connectivity index (χ0) is 29.5. The average molecular weight is 579 g/mol. The molecule has 0 bridgehead atoms. The molecular formula is C31H41F3N2O5. The fraction of sp³-hybridized carbons (Fsp3) is 0.581.